The van der Waals surface area contributed by atoms with Gasteiger partial charge in [-0.3, -0.25) is 4.90 Å². The van der Waals surface area contributed by atoms with Crippen molar-refractivity contribution in [1.29, 1.82) is 0 Å². The first-order valence-electron chi connectivity index (χ1n) is 6.49. The van der Waals surface area contributed by atoms with Gasteiger partial charge in [0.1, 0.15) is 5.82 Å². The number of halogens is 2. The molecule has 0 aromatic heterocycles. The fraction of sp³-hybridized carbons (Fsp3) is 0.250. The van der Waals surface area contributed by atoms with Crippen molar-refractivity contribution in [2.45, 2.75) is 19.6 Å². The molecule has 0 aliphatic rings. The molecule has 0 unspecified atom stereocenters. The van der Waals surface area contributed by atoms with Crippen molar-refractivity contribution in [1.82, 2.24) is 4.90 Å². The van der Waals surface area contributed by atoms with E-state index in [1.54, 1.807) is 12.1 Å². The molecule has 0 atom stereocenters. The van der Waals surface area contributed by atoms with Crippen LogP contribution in [-0.2, 0) is 19.6 Å². The van der Waals surface area contributed by atoms with Crippen LogP contribution in [0, 0.1) is 5.82 Å². The van der Waals surface area contributed by atoms with Crippen molar-refractivity contribution in [2.24, 2.45) is 5.73 Å². The fourth-order valence-corrected chi connectivity index (χ4v) is 2.42. The lowest BCUT2D eigenvalue weighted by atomic mass is 10.1. The van der Waals surface area contributed by atoms with Crippen LogP contribution in [0.1, 0.15) is 16.7 Å². The van der Waals surface area contributed by atoms with E-state index >= 15 is 0 Å². The second kappa shape index (κ2) is 6.84. The number of nitrogens with zero attached hydrogens (tertiary/aromatic N) is 1. The summed E-state index contributed by atoms with van der Waals surface area (Å²) in [6.45, 7) is 1.47. The van der Waals surface area contributed by atoms with E-state index in [-0.39, 0.29) is 12.4 Å². The zero-order valence-electron chi connectivity index (χ0n) is 11.4. The van der Waals surface area contributed by atoms with Gasteiger partial charge >= 0.3 is 0 Å². The van der Waals surface area contributed by atoms with Crippen molar-refractivity contribution in [2.75, 3.05) is 7.05 Å². The van der Waals surface area contributed by atoms with E-state index in [9.17, 15) is 4.39 Å². The molecular weight excluding hydrogens is 275 g/mol. The van der Waals surface area contributed by atoms with Gasteiger partial charge in [0.15, 0.2) is 0 Å². The Balaban J connectivity index is 2.06. The summed E-state index contributed by atoms with van der Waals surface area (Å²) in [5, 5.41) is 0.715. The SMILES string of the molecule is CN(Cc1cccc(Cl)c1)Cc1cccc(CN)c1F. The topological polar surface area (TPSA) is 29.3 Å². The van der Waals surface area contributed by atoms with Crippen LogP contribution < -0.4 is 5.73 Å². The Morgan fingerprint density at radius 3 is 2.50 bits per heavy atom. The molecule has 0 heterocycles. The summed E-state index contributed by atoms with van der Waals surface area (Å²) >= 11 is 5.96. The largest absolute Gasteiger partial charge is 0.326 e. The average Bonchev–Trinajstić information content (AvgIpc) is 2.41. The van der Waals surface area contributed by atoms with Crippen molar-refractivity contribution >= 4 is 11.6 Å². The highest BCUT2D eigenvalue weighted by Crippen LogP contribution is 2.16. The molecule has 0 fully saturated rings. The highest BCUT2D eigenvalue weighted by atomic mass is 35.5. The minimum atomic E-state index is -0.201. The van der Waals surface area contributed by atoms with Gasteiger partial charge in [0.25, 0.3) is 0 Å². The van der Waals surface area contributed by atoms with E-state index in [1.165, 1.54) is 0 Å². The van der Waals surface area contributed by atoms with E-state index < -0.39 is 0 Å². The van der Waals surface area contributed by atoms with Crippen molar-refractivity contribution in [3.63, 3.8) is 0 Å². The first-order valence-corrected chi connectivity index (χ1v) is 6.87. The van der Waals surface area contributed by atoms with Gasteiger partial charge in [-0.2, -0.15) is 0 Å². The average molecular weight is 293 g/mol. The normalized spacial score (nSPS) is 11.1. The summed E-state index contributed by atoms with van der Waals surface area (Å²) in [5.74, 6) is -0.201. The van der Waals surface area contributed by atoms with E-state index in [0.717, 1.165) is 5.56 Å². The Kier molecular flexibility index (Phi) is 5.12. The fourth-order valence-electron chi connectivity index (χ4n) is 2.21. The maximum Gasteiger partial charge on any atom is 0.132 e. The van der Waals surface area contributed by atoms with E-state index in [1.807, 2.05) is 42.3 Å². The van der Waals surface area contributed by atoms with Crippen molar-refractivity contribution in [3.8, 4) is 0 Å². The number of rotatable bonds is 5. The molecular formula is C16H18ClFN2. The highest BCUT2D eigenvalue weighted by Gasteiger charge is 2.09. The lowest BCUT2D eigenvalue weighted by Gasteiger charge is -2.18. The molecule has 4 heteroatoms. The van der Waals surface area contributed by atoms with Crippen LogP contribution >= 0.6 is 11.6 Å². The summed E-state index contributed by atoms with van der Waals surface area (Å²) in [5.41, 5.74) is 7.85. The summed E-state index contributed by atoms with van der Waals surface area (Å²) < 4.78 is 14.1. The van der Waals surface area contributed by atoms with Crippen LogP contribution in [0.15, 0.2) is 42.5 Å². The molecule has 2 rings (SSSR count). The van der Waals surface area contributed by atoms with Crippen molar-refractivity contribution < 1.29 is 4.39 Å². The smallest absolute Gasteiger partial charge is 0.132 e. The minimum Gasteiger partial charge on any atom is -0.326 e. The molecule has 0 saturated carbocycles. The highest BCUT2D eigenvalue weighted by molar-refractivity contribution is 6.30. The van der Waals surface area contributed by atoms with E-state index in [4.69, 9.17) is 17.3 Å². The Bertz CT molecular complexity index is 586. The van der Waals surface area contributed by atoms with E-state index in [0.29, 0.717) is 29.2 Å². The van der Waals surface area contributed by atoms with Gasteiger partial charge in [-0.15, -0.1) is 0 Å². The third-order valence-electron chi connectivity index (χ3n) is 3.16. The van der Waals surface area contributed by atoms with Crippen LogP contribution in [0.3, 0.4) is 0 Å². The Morgan fingerprint density at radius 2 is 1.80 bits per heavy atom. The zero-order valence-corrected chi connectivity index (χ0v) is 12.2. The van der Waals surface area contributed by atoms with Gasteiger partial charge in [-0.05, 0) is 24.7 Å². The maximum atomic E-state index is 14.1. The Labute approximate surface area is 124 Å². The molecule has 0 spiro atoms. The summed E-state index contributed by atoms with van der Waals surface area (Å²) in [6.07, 6.45) is 0. The minimum absolute atomic E-state index is 0.201. The molecule has 0 amide bonds. The maximum absolute atomic E-state index is 14.1. The first kappa shape index (κ1) is 15.0. The van der Waals surface area contributed by atoms with Gasteiger partial charge in [0.2, 0.25) is 0 Å². The standard InChI is InChI=1S/C16H18ClFN2/c1-20(10-12-4-2-7-15(17)8-12)11-14-6-3-5-13(9-19)16(14)18/h2-8H,9-11,19H2,1H3. The molecule has 2 nitrogen and oxygen atoms in total. The molecule has 20 heavy (non-hydrogen) atoms. The van der Waals surface area contributed by atoms with Crippen LogP contribution in [0.25, 0.3) is 0 Å². The second-order valence-electron chi connectivity index (χ2n) is 4.90. The Hall–Kier alpha value is -1.42. The quantitative estimate of drug-likeness (QED) is 0.913. The number of nitrogens with two attached hydrogens (primary N) is 1. The zero-order chi connectivity index (χ0) is 14.5. The van der Waals surface area contributed by atoms with E-state index in [2.05, 4.69) is 0 Å². The molecule has 0 saturated heterocycles. The summed E-state index contributed by atoms with van der Waals surface area (Å²) in [4.78, 5) is 2.05. The number of hydrogen-bond donors (Lipinski definition) is 1. The van der Waals surface area contributed by atoms with Gasteiger partial charge < -0.3 is 5.73 Å². The van der Waals surface area contributed by atoms with Crippen molar-refractivity contribution in [3.05, 3.63) is 70.0 Å². The van der Waals surface area contributed by atoms with Crippen LogP contribution in [0.2, 0.25) is 5.02 Å². The molecule has 2 aromatic rings. The molecule has 0 aliphatic heterocycles. The van der Waals surface area contributed by atoms with Gasteiger partial charge in [0, 0.05) is 35.8 Å². The number of benzene rings is 2. The van der Waals surface area contributed by atoms with Crippen LogP contribution in [0.5, 0.6) is 0 Å². The molecule has 0 radical (unpaired) electrons. The molecule has 2 aromatic carbocycles. The summed E-state index contributed by atoms with van der Waals surface area (Å²) in [7, 11) is 1.95. The predicted octanol–water partition coefficient (Wildman–Crippen LogP) is 3.57. The molecule has 0 bridgehead atoms. The number of hydrogen-bond acceptors (Lipinski definition) is 2. The third-order valence-corrected chi connectivity index (χ3v) is 3.40. The van der Waals surface area contributed by atoms with Gasteiger partial charge in [0.05, 0.1) is 0 Å². The third kappa shape index (κ3) is 3.79. The van der Waals surface area contributed by atoms with Crippen LogP contribution in [-0.4, -0.2) is 11.9 Å². The van der Waals surface area contributed by atoms with Gasteiger partial charge in [-0.25, -0.2) is 4.39 Å². The van der Waals surface area contributed by atoms with Crippen LogP contribution in [0.4, 0.5) is 4.39 Å². The second-order valence-corrected chi connectivity index (χ2v) is 5.33. The molecule has 0 aliphatic carbocycles. The Morgan fingerprint density at radius 1 is 1.10 bits per heavy atom. The summed E-state index contributed by atoms with van der Waals surface area (Å²) in [6, 6.07) is 13.0. The predicted molar refractivity (Wildman–Crippen MR) is 80.9 cm³/mol. The monoisotopic (exact) mass is 292 g/mol. The van der Waals surface area contributed by atoms with Gasteiger partial charge in [-0.1, -0.05) is 41.9 Å². The lowest BCUT2D eigenvalue weighted by Crippen LogP contribution is -2.18. The lowest BCUT2D eigenvalue weighted by molar-refractivity contribution is 0.313. The molecule has 2 N–H and O–H groups in total. The molecule has 106 valence electrons. The first-order chi connectivity index (χ1) is 9.60.